The molecule has 0 saturated carbocycles. The molecule has 0 radical (unpaired) electrons. The zero-order chi connectivity index (χ0) is 19.0. The third-order valence-corrected chi connectivity index (χ3v) is 3.29. The van der Waals surface area contributed by atoms with E-state index in [0.29, 0.717) is 5.75 Å². The fraction of sp³-hybridized carbons (Fsp3) is 0.333. The number of ether oxygens (including phenoxy) is 3. The van der Waals surface area contributed by atoms with Gasteiger partial charge in [-0.3, -0.25) is 4.79 Å². The molecule has 0 bridgehead atoms. The van der Waals surface area contributed by atoms with Gasteiger partial charge in [-0.25, -0.2) is 4.79 Å². The fourth-order valence-electron chi connectivity index (χ4n) is 2.12. The van der Waals surface area contributed by atoms with E-state index in [1.807, 2.05) is 51.1 Å². The summed E-state index contributed by atoms with van der Waals surface area (Å²) in [5, 5.41) is 0. The minimum atomic E-state index is -0.841. The topological polar surface area (TPSA) is 61.8 Å². The first-order chi connectivity index (χ1) is 12.3. The SMILES string of the molecule is CC(C)(C)Oc1ccc(OCCC(=O)C(=O)OCc2ccccc2)cc1. The van der Waals surface area contributed by atoms with Gasteiger partial charge >= 0.3 is 5.97 Å². The van der Waals surface area contributed by atoms with Crippen molar-refractivity contribution in [1.29, 1.82) is 0 Å². The van der Waals surface area contributed by atoms with Crippen molar-refractivity contribution in [3.63, 3.8) is 0 Å². The number of Topliss-reactive ketones (excluding diaryl/α,β-unsaturated/α-hetero) is 1. The van der Waals surface area contributed by atoms with Gasteiger partial charge in [-0.1, -0.05) is 30.3 Å². The molecular formula is C21H24O5. The lowest BCUT2D eigenvalue weighted by Crippen LogP contribution is -2.22. The maximum atomic E-state index is 11.8. The zero-order valence-corrected chi connectivity index (χ0v) is 15.4. The summed E-state index contributed by atoms with van der Waals surface area (Å²) in [5.41, 5.74) is 0.567. The van der Waals surface area contributed by atoms with E-state index >= 15 is 0 Å². The van der Waals surface area contributed by atoms with Crippen LogP contribution in [0.25, 0.3) is 0 Å². The molecule has 0 saturated heterocycles. The number of hydrogen-bond donors (Lipinski definition) is 0. The smallest absolute Gasteiger partial charge is 0.375 e. The standard InChI is InChI=1S/C21H24O5/c1-21(2,3)26-18-11-9-17(10-12-18)24-14-13-19(22)20(23)25-15-16-7-5-4-6-8-16/h4-12H,13-15H2,1-3H3. The van der Waals surface area contributed by atoms with E-state index in [9.17, 15) is 9.59 Å². The molecule has 2 aromatic rings. The van der Waals surface area contributed by atoms with E-state index in [2.05, 4.69) is 0 Å². The van der Waals surface area contributed by atoms with Crippen molar-refractivity contribution in [3.8, 4) is 11.5 Å². The quantitative estimate of drug-likeness (QED) is 0.529. The highest BCUT2D eigenvalue weighted by atomic mass is 16.5. The van der Waals surface area contributed by atoms with Crippen LogP contribution in [0.3, 0.4) is 0 Å². The molecule has 0 amide bonds. The number of ketones is 1. The van der Waals surface area contributed by atoms with Gasteiger partial charge in [0, 0.05) is 0 Å². The molecule has 26 heavy (non-hydrogen) atoms. The minimum Gasteiger partial charge on any atom is -0.493 e. The van der Waals surface area contributed by atoms with Crippen LogP contribution in [0.15, 0.2) is 54.6 Å². The summed E-state index contributed by atoms with van der Waals surface area (Å²) in [7, 11) is 0. The maximum absolute atomic E-state index is 11.8. The Morgan fingerprint density at radius 3 is 2.12 bits per heavy atom. The van der Waals surface area contributed by atoms with Crippen molar-refractivity contribution < 1.29 is 23.8 Å². The van der Waals surface area contributed by atoms with E-state index in [1.165, 1.54) is 0 Å². The lowest BCUT2D eigenvalue weighted by atomic mass is 10.2. The van der Waals surface area contributed by atoms with Gasteiger partial charge in [-0.15, -0.1) is 0 Å². The predicted molar refractivity (Wildman–Crippen MR) is 98.2 cm³/mol. The van der Waals surface area contributed by atoms with Crippen LogP contribution in [0.5, 0.6) is 11.5 Å². The average molecular weight is 356 g/mol. The molecule has 5 nitrogen and oxygen atoms in total. The van der Waals surface area contributed by atoms with Crippen molar-refractivity contribution in [2.75, 3.05) is 6.61 Å². The molecule has 2 rings (SSSR count). The van der Waals surface area contributed by atoms with Crippen molar-refractivity contribution in [2.45, 2.75) is 39.4 Å². The van der Waals surface area contributed by atoms with E-state index in [4.69, 9.17) is 14.2 Å². The summed E-state index contributed by atoms with van der Waals surface area (Å²) in [6, 6.07) is 16.3. The molecule has 0 N–H and O–H groups in total. The molecule has 2 aromatic carbocycles. The maximum Gasteiger partial charge on any atom is 0.375 e. The lowest BCUT2D eigenvalue weighted by molar-refractivity contribution is -0.155. The highest BCUT2D eigenvalue weighted by Gasteiger charge is 2.16. The number of carbonyl (C=O) groups excluding carboxylic acids is 2. The Morgan fingerprint density at radius 2 is 1.50 bits per heavy atom. The summed E-state index contributed by atoms with van der Waals surface area (Å²) in [6.45, 7) is 6.11. The third-order valence-electron chi connectivity index (χ3n) is 3.29. The van der Waals surface area contributed by atoms with Gasteiger partial charge in [0.25, 0.3) is 0 Å². The summed E-state index contributed by atoms with van der Waals surface area (Å²) >= 11 is 0. The van der Waals surface area contributed by atoms with Crippen LogP contribution in [0, 0.1) is 0 Å². The monoisotopic (exact) mass is 356 g/mol. The molecule has 0 aromatic heterocycles. The first kappa shape index (κ1) is 19.5. The van der Waals surface area contributed by atoms with Gasteiger partial charge in [-0.2, -0.15) is 0 Å². The van der Waals surface area contributed by atoms with Crippen molar-refractivity contribution in [1.82, 2.24) is 0 Å². The van der Waals surface area contributed by atoms with Gasteiger partial charge in [0.05, 0.1) is 13.0 Å². The summed E-state index contributed by atoms with van der Waals surface area (Å²) < 4.78 is 16.2. The Balaban J connectivity index is 1.71. The van der Waals surface area contributed by atoms with Crippen LogP contribution in [0.2, 0.25) is 0 Å². The van der Waals surface area contributed by atoms with E-state index in [1.54, 1.807) is 24.3 Å². The van der Waals surface area contributed by atoms with Crippen LogP contribution < -0.4 is 9.47 Å². The first-order valence-corrected chi connectivity index (χ1v) is 8.49. The molecule has 0 aliphatic rings. The Labute approximate surface area is 153 Å². The van der Waals surface area contributed by atoms with Crippen LogP contribution in [0.4, 0.5) is 0 Å². The predicted octanol–water partition coefficient (Wildman–Crippen LogP) is 3.95. The molecule has 138 valence electrons. The Hall–Kier alpha value is -2.82. The number of esters is 1. The van der Waals surface area contributed by atoms with Crippen LogP contribution >= 0.6 is 0 Å². The molecule has 0 atom stereocenters. The molecule has 5 heteroatoms. The van der Waals surface area contributed by atoms with Crippen LogP contribution in [-0.4, -0.2) is 24.0 Å². The van der Waals surface area contributed by atoms with Gasteiger partial charge in [0.15, 0.2) is 0 Å². The normalized spacial score (nSPS) is 10.9. The average Bonchev–Trinajstić information content (AvgIpc) is 2.60. The Kier molecular flexibility index (Phi) is 6.78. The molecule has 0 aliphatic carbocycles. The van der Waals surface area contributed by atoms with Crippen molar-refractivity contribution in [3.05, 3.63) is 60.2 Å². The number of carbonyl (C=O) groups is 2. The van der Waals surface area contributed by atoms with Gasteiger partial charge < -0.3 is 14.2 Å². The van der Waals surface area contributed by atoms with E-state index in [0.717, 1.165) is 11.3 Å². The number of benzene rings is 2. The molecule has 0 aliphatic heterocycles. The third kappa shape index (κ3) is 6.97. The van der Waals surface area contributed by atoms with E-state index < -0.39 is 11.8 Å². The van der Waals surface area contributed by atoms with Crippen molar-refractivity contribution >= 4 is 11.8 Å². The highest BCUT2D eigenvalue weighted by molar-refractivity contribution is 6.33. The Bertz CT molecular complexity index is 714. The summed E-state index contributed by atoms with van der Waals surface area (Å²) in [4.78, 5) is 23.5. The van der Waals surface area contributed by atoms with Crippen LogP contribution in [-0.2, 0) is 20.9 Å². The lowest BCUT2D eigenvalue weighted by Gasteiger charge is -2.21. The second-order valence-corrected chi connectivity index (χ2v) is 6.77. The van der Waals surface area contributed by atoms with Crippen molar-refractivity contribution in [2.24, 2.45) is 0 Å². The van der Waals surface area contributed by atoms with E-state index in [-0.39, 0.29) is 25.2 Å². The highest BCUT2D eigenvalue weighted by Crippen LogP contribution is 2.21. The molecule has 0 fully saturated rings. The summed E-state index contributed by atoms with van der Waals surface area (Å²) in [5.74, 6) is -0.0953. The largest absolute Gasteiger partial charge is 0.493 e. The van der Waals surface area contributed by atoms with Gasteiger partial charge in [0.2, 0.25) is 5.78 Å². The molecule has 0 spiro atoms. The first-order valence-electron chi connectivity index (χ1n) is 8.49. The zero-order valence-electron chi connectivity index (χ0n) is 15.4. The molecule has 0 heterocycles. The van der Waals surface area contributed by atoms with Crippen LogP contribution in [0.1, 0.15) is 32.8 Å². The minimum absolute atomic E-state index is 0.0339. The van der Waals surface area contributed by atoms with Gasteiger partial charge in [0.1, 0.15) is 23.7 Å². The molecular weight excluding hydrogens is 332 g/mol. The second kappa shape index (κ2) is 9.04. The molecule has 0 unspecified atom stereocenters. The number of rotatable bonds is 8. The second-order valence-electron chi connectivity index (χ2n) is 6.77. The number of hydrogen-bond acceptors (Lipinski definition) is 5. The van der Waals surface area contributed by atoms with Gasteiger partial charge in [-0.05, 0) is 50.6 Å². The summed E-state index contributed by atoms with van der Waals surface area (Å²) in [6.07, 6.45) is -0.0339. The fourth-order valence-corrected chi connectivity index (χ4v) is 2.12. The Morgan fingerprint density at radius 1 is 0.885 bits per heavy atom.